The van der Waals surface area contributed by atoms with Gasteiger partial charge in [-0.15, -0.1) is 0 Å². The number of pyridine rings is 1. The zero-order chi connectivity index (χ0) is 15.7. The monoisotopic (exact) mass is 313 g/mol. The Morgan fingerprint density at radius 1 is 1.33 bits per heavy atom. The molecule has 0 unspecified atom stereocenters. The molecule has 0 fully saturated rings. The maximum atomic E-state index is 12.0. The summed E-state index contributed by atoms with van der Waals surface area (Å²) in [5, 5.41) is 13.3. The molecule has 1 heterocycles. The highest BCUT2D eigenvalue weighted by Crippen LogP contribution is 2.25. The van der Waals surface area contributed by atoms with E-state index in [1.165, 1.54) is 31.5 Å². The molecule has 21 heavy (non-hydrogen) atoms. The predicted molar refractivity (Wildman–Crippen MR) is 81.6 cm³/mol. The van der Waals surface area contributed by atoms with E-state index in [1.807, 2.05) is 0 Å². The lowest BCUT2D eigenvalue weighted by atomic mass is 10.1. The second-order valence-electron chi connectivity index (χ2n) is 4.78. The summed E-state index contributed by atoms with van der Waals surface area (Å²) in [6.45, 7) is 2.66. The van der Waals surface area contributed by atoms with Crippen LogP contribution in [-0.4, -0.2) is 22.4 Å². The Hall–Kier alpha value is -1.69. The van der Waals surface area contributed by atoms with Gasteiger partial charge in [0.15, 0.2) is 0 Å². The van der Waals surface area contributed by atoms with Gasteiger partial charge in [-0.25, -0.2) is 4.98 Å². The van der Waals surface area contributed by atoms with Gasteiger partial charge >= 0.3 is 5.69 Å². The van der Waals surface area contributed by atoms with Gasteiger partial charge in [0.05, 0.1) is 4.92 Å². The van der Waals surface area contributed by atoms with Crippen LogP contribution in [0.2, 0.25) is 5.15 Å². The van der Waals surface area contributed by atoms with Gasteiger partial charge in [-0.1, -0.05) is 50.6 Å². The molecule has 0 aromatic carbocycles. The predicted octanol–water partition coefficient (Wildman–Crippen LogP) is 3.73. The van der Waals surface area contributed by atoms with Crippen LogP contribution in [0.4, 0.5) is 5.69 Å². The molecular weight excluding hydrogens is 294 g/mol. The smallest absolute Gasteiger partial charge is 0.319 e. The average Bonchev–Trinajstić information content (AvgIpc) is 2.45. The minimum absolute atomic E-state index is 0.0500. The van der Waals surface area contributed by atoms with Crippen LogP contribution >= 0.6 is 11.6 Å². The molecule has 1 rings (SSSR count). The van der Waals surface area contributed by atoms with E-state index in [1.54, 1.807) is 0 Å². The summed E-state index contributed by atoms with van der Waals surface area (Å²) in [7, 11) is 0. The first kappa shape index (κ1) is 17.4. The van der Waals surface area contributed by atoms with E-state index in [4.69, 9.17) is 11.6 Å². The number of aromatic nitrogens is 1. The van der Waals surface area contributed by atoms with E-state index >= 15 is 0 Å². The molecule has 1 aromatic heterocycles. The van der Waals surface area contributed by atoms with E-state index < -0.39 is 16.5 Å². The Morgan fingerprint density at radius 3 is 2.67 bits per heavy atom. The van der Waals surface area contributed by atoms with Crippen LogP contribution in [0.15, 0.2) is 12.3 Å². The van der Waals surface area contributed by atoms with Crippen LogP contribution in [0, 0.1) is 10.1 Å². The third-order valence-electron chi connectivity index (χ3n) is 3.12. The van der Waals surface area contributed by atoms with Crippen LogP contribution in [0.3, 0.4) is 0 Å². The molecule has 0 atom stereocenters. The summed E-state index contributed by atoms with van der Waals surface area (Å²) >= 11 is 5.67. The van der Waals surface area contributed by atoms with Crippen molar-refractivity contribution in [3.05, 3.63) is 33.1 Å². The maximum absolute atomic E-state index is 12.0. The van der Waals surface area contributed by atoms with Crippen molar-refractivity contribution in [3.63, 3.8) is 0 Å². The number of halogens is 1. The van der Waals surface area contributed by atoms with E-state index in [0.717, 1.165) is 19.3 Å². The van der Waals surface area contributed by atoms with Gasteiger partial charge in [0.1, 0.15) is 5.56 Å². The Bertz CT molecular complexity index is 494. The SMILES string of the molecule is CCCCCCCCNC(=O)c1ccnc(Cl)c1[N+](=O)[O-]. The molecule has 0 saturated carbocycles. The van der Waals surface area contributed by atoms with Crippen LogP contribution in [-0.2, 0) is 0 Å². The fraction of sp³-hybridized carbons (Fsp3) is 0.571. The summed E-state index contributed by atoms with van der Waals surface area (Å²) in [4.78, 5) is 25.8. The lowest BCUT2D eigenvalue weighted by molar-refractivity contribution is -0.385. The van der Waals surface area contributed by atoms with E-state index in [9.17, 15) is 14.9 Å². The van der Waals surface area contributed by atoms with Crippen molar-refractivity contribution in [3.8, 4) is 0 Å². The summed E-state index contributed by atoms with van der Waals surface area (Å²) in [5.74, 6) is -0.487. The molecule has 0 radical (unpaired) electrons. The number of rotatable bonds is 9. The van der Waals surface area contributed by atoms with Gasteiger partial charge in [-0.2, -0.15) is 0 Å². The van der Waals surface area contributed by atoms with Crippen LogP contribution in [0.1, 0.15) is 55.8 Å². The number of nitro groups is 1. The molecule has 0 bridgehead atoms. The van der Waals surface area contributed by atoms with Crippen molar-refractivity contribution < 1.29 is 9.72 Å². The zero-order valence-corrected chi connectivity index (χ0v) is 12.9. The molecular formula is C14H20ClN3O3. The number of hydrogen-bond acceptors (Lipinski definition) is 4. The fourth-order valence-electron chi connectivity index (χ4n) is 1.99. The molecule has 0 aliphatic heterocycles. The molecule has 116 valence electrons. The second-order valence-corrected chi connectivity index (χ2v) is 5.14. The van der Waals surface area contributed by atoms with Gasteiger partial charge in [-0.3, -0.25) is 14.9 Å². The molecule has 6 nitrogen and oxygen atoms in total. The molecule has 0 spiro atoms. The molecule has 1 N–H and O–H groups in total. The Kier molecular flexibility index (Phi) is 7.68. The molecule has 0 aliphatic rings. The van der Waals surface area contributed by atoms with E-state index in [0.29, 0.717) is 6.54 Å². The van der Waals surface area contributed by atoms with Gasteiger partial charge in [-0.05, 0) is 12.5 Å². The van der Waals surface area contributed by atoms with Gasteiger partial charge in [0, 0.05) is 12.7 Å². The normalized spacial score (nSPS) is 10.4. The molecule has 0 saturated heterocycles. The number of unbranched alkanes of at least 4 members (excludes halogenated alkanes) is 5. The second kappa shape index (κ2) is 9.28. The fourth-order valence-corrected chi connectivity index (χ4v) is 2.21. The highest BCUT2D eigenvalue weighted by Gasteiger charge is 2.24. The summed E-state index contributed by atoms with van der Waals surface area (Å²) < 4.78 is 0. The van der Waals surface area contributed by atoms with Crippen molar-refractivity contribution in [2.75, 3.05) is 6.54 Å². The third kappa shape index (κ3) is 5.67. The van der Waals surface area contributed by atoms with E-state index in [2.05, 4.69) is 17.2 Å². The number of carbonyl (C=O) groups is 1. The number of amides is 1. The maximum Gasteiger partial charge on any atom is 0.319 e. The Balaban J connectivity index is 2.46. The highest BCUT2D eigenvalue weighted by molar-refractivity contribution is 6.32. The van der Waals surface area contributed by atoms with Crippen molar-refractivity contribution in [2.24, 2.45) is 0 Å². The average molecular weight is 314 g/mol. The minimum atomic E-state index is -0.686. The molecule has 1 aromatic rings. The topological polar surface area (TPSA) is 85.1 Å². The summed E-state index contributed by atoms with van der Waals surface area (Å²) in [6, 6.07) is 1.31. The minimum Gasteiger partial charge on any atom is -0.352 e. The summed E-state index contributed by atoms with van der Waals surface area (Å²) in [5.41, 5.74) is -0.495. The van der Waals surface area contributed by atoms with Crippen molar-refractivity contribution >= 4 is 23.2 Å². The number of carbonyl (C=O) groups excluding carboxylic acids is 1. The number of nitrogens with one attached hydrogen (secondary N) is 1. The van der Waals surface area contributed by atoms with Crippen molar-refractivity contribution in [1.82, 2.24) is 10.3 Å². The first-order valence-corrected chi connectivity index (χ1v) is 7.52. The van der Waals surface area contributed by atoms with Gasteiger partial charge in [0.25, 0.3) is 5.91 Å². The largest absolute Gasteiger partial charge is 0.352 e. The lowest BCUT2D eigenvalue weighted by Gasteiger charge is -2.06. The lowest BCUT2D eigenvalue weighted by Crippen LogP contribution is -2.25. The van der Waals surface area contributed by atoms with Gasteiger partial charge in [0.2, 0.25) is 5.15 Å². The zero-order valence-electron chi connectivity index (χ0n) is 12.1. The Labute approximate surface area is 129 Å². The van der Waals surface area contributed by atoms with Crippen molar-refractivity contribution in [2.45, 2.75) is 45.4 Å². The highest BCUT2D eigenvalue weighted by atomic mass is 35.5. The standard InChI is InChI=1S/C14H20ClN3O3/c1-2-3-4-5-6-7-9-17-14(19)11-8-10-16-13(15)12(11)18(20)21/h8,10H,2-7,9H2,1H3,(H,17,19). The first-order chi connectivity index (χ1) is 10.1. The van der Waals surface area contributed by atoms with Gasteiger partial charge < -0.3 is 5.32 Å². The van der Waals surface area contributed by atoms with Crippen LogP contribution < -0.4 is 5.32 Å². The number of hydrogen-bond donors (Lipinski definition) is 1. The first-order valence-electron chi connectivity index (χ1n) is 7.15. The van der Waals surface area contributed by atoms with Crippen LogP contribution in [0.5, 0.6) is 0 Å². The number of nitrogens with zero attached hydrogens (tertiary/aromatic N) is 2. The molecule has 7 heteroatoms. The summed E-state index contributed by atoms with van der Waals surface area (Å²) in [6.07, 6.45) is 7.97. The van der Waals surface area contributed by atoms with E-state index in [-0.39, 0.29) is 10.7 Å². The third-order valence-corrected chi connectivity index (χ3v) is 3.40. The molecule has 1 amide bonds. The van der Waals surface area contributed by atoms with Crippen molar-refractivity contribution in [1.29, 1.82) is 0 Å². The quantitative estimate of drug-likeness (QED) is 0.326. The Morgan fingerprint density at radius 2 is 2.00 bits per heavy atom. The van der Waals surface area contributed by atoms with Crippen LogP contribution in [0.25, 0.3) is 0 Å². The molecule has 0 aliphatic carbocycles.